The van der Waals surface area contributed by atoms with E-state index in [1.54, 1.807) is 18.7 Å². The Morgan fingerprint density at radius 2 is 1.95 bits per heavy atom. The number of halogens is 1. The van der Waals surface area contributed by atoms with Crippen molar-refractivity contribution in [2.45, 2.75) is 31.9 Å². The number of amides is 1. The summed E-state index contributed by atoms with van der Waals surface area (Å²) in [6.45, 7) is 4.93. The summed E-state index contributed by atoms with van der Waals surface area (Å²) in [6.07, 6.45) is 9.79. The molecule has 0 bridgehead atoms. The highest BCUT2D eigenvalue weighted by Gasteiger charge is 2.27. The van der Waals surface area contributed by atoms with Gasteiger partial charge in [-0.3, -0.25) is 9.69 Å². The standard InChI is InChI=1S/C33H35FN8O2/c1-22-16-25(5-8-30(22)44-26-6-7-29-28(17-26)36-21-39(29)2)38-33-32-27(11-15-42(32)37-20-35-33)23-9-13-41(14-10-23)31(43)4-3-12-40-18-24(34)19-40/h3-8,11,15-17,20-21,23-24H,9-10,12-14,18-19H2,1-2H3,(H,35,37,38)/b4-3+. The van der Waals surface area contributed by atoms with Crippen molar-refractivity contribution in [3.8, 4) is 11.5 Å². The van der Waals surface area contributed by atoms with Crippen LogP contribution in [0.3, 0.4) is 0 Å². The van der Waals surface area contributed by atoms with Gasteiger partial charge in [0.1, 0.15) is 29.5 Å². The lowest BCUT2D eigenvalue weighted by Gasteiger charge is -2.33. The molecule has 44 heavy (non-hydrogen) atoms. The zero-order valence-electron chi connectivity index (χ0n) is 24.9. The maximum absolute atomic E-state index is 13.0. The van der Waals surface area contributed by atoms with E-state index >= 15 is 0 Å². The Bertz CT molecular complexity index is 1850. The number of ether oxygens (including phenoxy) is 1. The van der Waals surface area contributed by atoms with Crippen molar-refractivity contribution in [3.05, 3.63) is 84.6 Å². The maximum atomic E-state index is 13.0. The van der Waals surface area contributed by atoms with Crippen molar-refractivity contribution in [2.75, 3.05) is 38.0 Å². The number of nitrogens with zero attached hydrogens (tertiary/aromatic N) is 7. The molecule has 2 fully saturated rings. The first-order chi connectivity index (χ1) is 21.4. The normalized spacial score (nSPS) is 16.7. The number of piperidine rings is 1. The predicted octanol–water partition coefficient (Wildman–Crippen LogP) is 5.38. The van der Waals surface area contributed by atoms with Crippen LogP contribution in [0.25, 0.3) is 16.6 Å². The number of hydrogen-bond acceptors (Lipinski definition) is 7. The van der Waals surface area contributed by atoms with E-state index in [2.05, 4.69) is 26.4 Å². The SMILES string of the molecule is Cc1cc(Nc2ncnn3ccc(C4CCN(C(=O)/C=C/CN5CC(F)C5)CC4)c23)ccc1Oc1ccc2c(c1)ncn2C. The zero-order valence-corrected chi connectivity index (χ0v) is 24.9. The zero-order chi connectivity index (χ0) is 30.2. The van der Waals surface area contributed by atoms with Crippen LogP contribution in [-0.4, -0.2) is 78.8 Å². The van der Waals surface area contributed by atoms with Gasteiger partial charge in [0, 0.05) is 63.8 Å². The number of imidazole rings is 1. The van der Waals surface area contributed by atoms with Crippen LogP contribution in [0.15, 0.2) is 73.5 Å². The van der Waals surface area contributed by atoms with Crippen molar-refractivity contribution in [1.29, 1.82) is 0 Å². The summed E-state index contributed by atoms with van der Waals surface area (Å²) in [5.41, 5.74) is 5.95. The molecule has 11 heteroatoms. The second kappa shape index (κ2) is 11.7. The van der Waals surface area contributed by atoms with Crippen LogP contribution >= 0.6 is 0 Å². The Labute approximate surface area is 254 Å². The highest BCUT2D eigenvalue weighted by Crippen LogP contribution is 2.35. The van der Waals surface area contributed by atoms with Crippen LogP contribution in [0, 0.1) is 6.92 Å². The molecule has 2 aliphatic rings. The first-order valence-electron chi connectivity index (χ1n) is 15.0. The molecular formula is C33H35FN8O2. The van der Waals surface area contributed by atoms with Gasteiger partial charge in [-0.15, -0.1) is 0 Å². The lowest BCUT2D eigenvalue weighted by molar-refractivity contribution is -0.127. The summed E-state index contributed by atoms with van der Waals surface area (Å²) in [7, 11) is 1.97. The van der Waals surface area contributed by atoms with E-state index in [1.807, 2.05) is 81.5 Å². The third-order valence-corrected chi connectivity index (χ3v) is 8.63. The number of alkyl halides is 1. The third-order valence-electron chi connectivity index (χ3n) is 8.63. The molecule has 0 aliphatic carbocycles. The molecule has 10 nitrogen and oxygen atoms in total. The minimum atomic E-state index is -0.728. The summed E-state index contributed by atoms with van der Waals surface area (Å²) in [5.74, 6) is 2.55. The smallest absolute Gasteiger partial charge is 0.246 e. The number of aryl methyl sites for hydroxylation is 2. The highest BCUT2D eigenvalue weighted by atomic mass is 19.1. The number of anilines is 2. The maximum Gasteiger partial charge on any atom is 0.246 e. The van der Waals surface area contributed by atoms with Gasteiger partial charge in [-0.25, -0.2) is 18.9 Å². The number of carbonyl (C=O) groups excluding carboxylic acids is 1. The molecule has 7 rings (SSSR count). The fourth-order valence-electron chi connectivity index (χ4n) is 6.16. The molecule has 5 aromatic rings. The molecule has 3 aromatic heterocycles. The van der Waals surface area contributed by atoms with E-state index in [1.165, 1.54) is 5.56 Å². The largest absolute Gasteiger partial charge is 0.457 e. The Hall–Kier alpha value is -4.77. The molecule has 5 heterocycles. The number of rotatable bonds is 8. The van der Waals surface area contributed by atoms with Crippen LogP contribution in [0.4, 0.5) is 15.9 Å². The summed E-state index contributed by atoms with van der Waals surface area (Å²) in [6, 6.07) is 14.0. The molecule has 2 saturated heterocycles. The first kappa shape index (κ1) is 28.0. The molecule has 2 aliphatic heterocycles. The average Bonchev–Trinajstić information content (AvgIpc) is 3.61. The predicted molar refractivity (Wildman–Crippen MR) is 167 cm³/mol. The van der Waals surface area contributed by atoms with Crippen molar-refractivity contribution in [1.82, 2.24) is 33.9 Å². The van der Waals surface area contributed by atoms with Crippen LogP contribution in [-0.2, 0) is 11.8 Å². The Morgan fingerprint density at radius 3 is 2.75 bits per heavy atom. The van der Waals surface area contributed by atoms with Gasteiger partial charge >= 0.3 is 0 Å². The van der Waals surface area contributed by atoms with Gasteiger partial charge < -0.3 is 19.5 Å². The fourth-order valence-corrected chi connectivity index (χ4v) is 6.16. The van der Waals surface area contributed by atoms with Crippen LogP contribution < -0.4 is 10.1 Å². The topological polar surface area (TPSA) is 92.8 Å². The van der Waals surface area contributed by atoms with E-state index in [0.717, 1.165) is 58.0 Å². The third kappa shape index (κ3) is 5.62. The Balaban J connectivity index is 1.02. The number of nitrogens with one attached hydrogen (secondary N) is 1. The van der Waals surface area contributed by atoms with E-state index < -0.39 is 6.17 Å². The lowest BCUT2D eigenvalue weighted by Crippen LogP contribution is -2.48. The van der Waals surface area contributed by atoms with Gasteiger partial charge in [0.2, 0.25) is 5.91 Å². The molecule has 0 saturated carbocycles. The second-order valence-electron chi connectivity index (χ2n) is 11.7. The van der Waals surface area contributed by atoms with E-state index in [0.29, 0.717) is 32.7 Å². The molecule has 0 spiro atoms. The Kier molecular flexibility index (Phi) is 7.47. The van der Waals surface area contributed by atoms with Gasteiger partial charge in [0.05, 0.1) is 17.4 Å². The van der Waals surface area contributed by atoms with Crippen LogP contribution in [0.5, 0.6) is 11.5 Å². The summed E-state index contributed by atoms with van der Waals surface area (Å²) in [5, 5.41) is 7.95. The fraction of sp³-hybridized carbons (Fsp3) is 0.333. The van der Waals surface area contributed by atoms with Crippen LogP contribution in [0.1, 0.15) is 29.9 Å². The molecule has 0 radical (unpaired) electrons. The second-order valence-corrected chi connectivity index (χ2v) is 11.7. The van der Waals surface area contributed by atoms with E-state index in [4.69, 9.17) is 4.74 Å². The van der Waals surface area contributed by atoms with Crippen molar-refractivity contribution < 1.29 is 13.9 Å². The van der Waals surface area contributed by atoms with Gasteiger partial charge in [-0.1, -0.05) is 6.08 Å². The monoisotopic (exact) mass is 594 g/mol. The first-order valence-corrected chi connectivity index (χ1v) is 15.0. The number of likely N-dealkylation sites (tertiary alicyclic amines) is 2. The van der Waals surface area contributed by atoms with Gasteiger partial charge in [-0.05, 0) is 73.2 Å². The van der Waals surface area contributed by atoms with Gasteiger partial charge in [0.15, 0.2) is 5.82 Å². The molecular weight excluding hydrogens is 559 g/mol. The molecule has 1 N–H and O–H groups in total. The summed E-state index contributed by atoms with van der Waals surface area (Å²) < 4.78 is 23.0. The number of carbonyl (C=O) groups is 1. The summed E-state index contributed by atoms with van der Waals surface area (Å²) in [4.78, 5) is 25.6. The van der Waals surface area contributed by atoms with Gasteiger partial charge in [-0.2, -0.15) is 5.10 Å². The molecule has 0 atom stereocenters. The van der Waals surface area contributed by atoms with Crippen LogP contribution in [0.2, 0.25) is 0 Å². The van der Waals surface area contributed by atoms with E-state index in [-0.39, 0.29) is 11.8 Å². The highest BCUT2D eigenvalue weighted by molar-refractivity contribution is 5.87. The van der Waals surface area contributed by atoms with Crippen molar-refractivity contribution in [2.24, 2.45) is 7.05 Å². The number of aromatic nitrogens is 5. The summed E-state index contributed by atoms with van der Waals surface area (Å²) >= 11 is 0. The van der Waals surface area contributed by atoms with Crippen molar-refractivity contribution in [3.63, 3.8) is 0 Å². The minimum absolute atomic E-state index is 0.0216. The number of hydrogen-bond donors (Lipinski definition) is 1. The van der Waals surface area contributed by atoms with E-state index in [9.17, 15) is 9.18 Å². The number of benzene rings is 2. The molecule has 1 amide bonds. The van der Waals surface area contributed by atoms with Crippen molar-refractivity contribution >= 4 is 34.0 Å². The van der Waals surface area contributed by atoms with Gasteiger partial charge in [0.25, 0.3) is 0 Å². The number of fused-ring (bicyclic) bond motifs is 2. The average molecular weight is 595 g/mol. The molecule has 226 valence electrons. The lowest BCUT2D eigenvalue weighted by atomic mass is 9.90. The molecule has 0 unspecified atom stereocenters. The quantitative estimate of drug-likeness (QED) is 0.241. The molecule has 2 aromatic carbocycles. The minimum Gasteiger partial charge on any atom is -0.457 e. The Morgan fingerprint density at radius 1 is 1.11 bits per heavy atom.